The molecule has 0 saturated heterocycles. The van der Waals surface area contributed by atoms with Gasteiger partial charge in [-0.25, -0.2) is 9.97 Å². The van der Waals surface area contributed by atoms with Crippen LogP contribution in [0.1, 0.15) is 5.82 Å². The molecule has 0 unspecified atom stereocenters. The summed E-state index contributed by atoms with van der Waals surface area (Å²) in [5.74, 6) is 0.987. The van der Waals surface area contributed by atoms with Crippen LogP contribution < -0.4 is 0 Å². The summed E-state index contributed by atoms with van der Waals surface area (Å²) in [6.07, 6.45) is 0. The molecule has 3 nitrogen and oxygen atoms in total. The molecular formula is C49H35N3. The van der Waals surface area contributed by atoms with E-state index in [9.17, 15) is 0 Å². The number of para-hydroxylation sites is 2. The lowest BCUT2D eigenvalue weighted by molar-refractivity contribution is 1.00. The largest absolute Gasteiger partial charge is 0.297 e. The fourth-order valence-electron chi connectivity index (χ4n) is 7.07. The smallest absolute Gasteiger partial charge is 0.111 e. The van der Waals surface area contributed by atoms with Crippen LogP contribution in [-0.4, -0.2) is 14.5 Å². The summed E-state index contributed by atoms with van der Waals surface area (Å²) >= 11 is 0. The molecule has 0 aliphatic heterocycles. The van der Waals surface area contributed by atoms with Crippen molar-refractivity contribution in [1.29, 1.82) is 0 Å². The van der Waals surface area contributed by atoms with Crippen LogP contribution >= 0.6 is 0 Å². The van der Waals surface area contributed by atoms with Gasteiger partial charge >= 0.3 is 0 Å². The van der Waals surface area contributed by atoms with Gasteiger partial charge in [-0.2, -0.15) is 0 Å². The number of imidazole rings is 1. The number of aromatic nitrogens is 3. The summed E-state index contributed by atoms with van der Waals surface area (Å²) in [7, 11) is 0. The maximum atomic E-state index is 5.06. The van der Waals surface area contributed by atoms with Crippen molar-refractivity contribution >= 4 is 11.0 Å². The lowest BCUT2D eigenvalue weighted by atomic mass is 9.95. The molecule has 0 amide bonds. The summed E-state index contributed by atoms with van der Waals surface area (Å²) in [6, 6.07) is 68.8. The number of hydrogen-bond acceptors (Lipinski definition) is 2. The number of fused-ring (bicyclic) bond motifs is 1. The lowest BCUT2D eigenvalue weighted by Crippen LogP contribution is -1.96. The third-order valence-electron chi connectivity index (χ3n) is 9.78. The van der Waals surface area contributed by atoms with E-state index in [2.05, 4.69) is 187 Å². The molecule has 9 rings (SSSR count). The average Bonchev–Trinajstić information content (AvgIpc) is 3.57. The van der Waals surface area contributed by atoms with E-state index in [0.717, 1.165) is 56.2 Å². The second-order valence-electron chi connectivity index (χ2n) is 13.1. The maximum Gasteiger partial charge on any atom is 0.111 e. The number of aryl methyl sites for hydroxylation is 1. The highest BCUT2D eigenvalue weighted by Crippen LogP contribution is 2.34. The van der Waals surface area contributed by atoms with Crippen LogP contribution in [0.25, 0.3) is 83.7 Å². The summed E-state index contributed by atoms with van der Waals surface area (Å²) in [5, 5.41) is 0. The molecule has 2 aromatic heterocycles. The van der Waals surface area contributed by atoms with E-state index in [4.69, 9.17) is 9.97 Å². The SMILES string of the molecule is Cc1nc2ccccc2n1-c1ccc(-c2ccc(-c3ccc(-c4cccc(-c5cc(-c6ccccc6)nc(-c6ccccc6)c5)c4)cc3)cc2)cc1. The lowest BCUT2D eigenvalue weighted by Gasteiger charge is -2.12. The van der Waals surface area contributed by atoms with E-state index in [-0.39, 0.29) is 0 Å². The van der Waals surface area contributed by atoms with Crippen LogP contribution in [0, 0.1) is 6.92 Å². The fraction of sp³-hybridized carbons (Fsp3) is 0.0204. The van der Waals surface area contributed by atoms with Crippen LogP contribution in [0.4, 0.5) is 0 Å². The minimum Gasteiger partial charge on any atom is -0.297 e. The molecule has 0 N–H and O–H groups in total. The monoisotopic (exact) mass is 665 g/mol. The molecule has 52 heavy (non-hydrogen) atoms. The zero-order valence-electron chi connectivity index (χ0n) is 28.8. The van der Waals surface area contributed by atoms with Crippen LogP contribution in [0.15, 0.2) is 194 Å². The quantitative estimate of drug-likeness (QED) is 0.170. The number of hydrogen-bond donors (Lipinski definition) is 0. The Hall–Kier alpha value is -6.84. The van der Waals surface area contributed by atoms with Crippen LogP contribution in [0.2, 0.25) is 0 Å². The van der Waals surface area contributed by atoms with Crippen molar-refractivity contribution in [1.82, 2.24) is 14.5 Å². The first-order valence-corrected chi connectivity index (χ1v) is 17.7. The van der Waals surface area contributed by atoms with Gasteiger partial charge in [0.2, 0.25) is 0 Å². The summed E-state index contributed by atoms with van der Waals surface area (Å²) in [5.41, 5.74) is 16.8. The van der Waals surface area contributed by atoms with E-state index >= 15 is 0 Å². The topological polar surface area (TPSA) is 30.7 Å². The first kappa shape index (κ1) is 31.2. The molecule has 3 heteroatoms. The van der Waals surface area contributed by atoms with Crippen molar-refractivity contribution < 1.29 is 0 Å². The fourth-order valence-corrected chi connectivity index (χ4v) is 7.07. The molecule has 246 valence electrons. The Morgan fingerprint density at radius 3 is 1.29 bits per heavy atom. The third kappa shape index (κ3) is 6.10. The number of rotatable bonds is 7. The predicted molar refractivity (Wildman–Crippen MR) is 216 cm³/mol. The number of benzene rings is 7. The van der Waals surface area contributed by atoms with Gasteiger partial charge in [-0.1, -0.05) is 152 Å². The van der Waals surface area contributed by atoms with E-state index in [1.807, 2.05) is 18.2 Å². The Labute approximate surface area is 304 Å². The molecule has 0 radical (unpaired) electrons. The minimum absolute atomic E-state index is 0.966. The maximum absolute atomic E-state index is 5.06. The summed E-state index contributed by atoms with van der Waals surface area (Å²) in [4.78, 5) is 9.80. The second-order valence-corrected chi connectivity index (χ2v) is 13.1. The van der Waals surface area contributed by atoms with Crippen LogP contribution in [-0.2, 0) is 0 Å². The van der Waals surface area contributed by atoms with E-state index in [1.54, 1.807) is 0 Å². The Morgan fingerprint density at radius 1 is 0.327 bits per heavy atom. The molecule has 0 aliphatic carbocycles. The molecule has 0 bridgehead atoms. The molecule has 0 aliphatic rings. The number of nitrogens with zero attached hydrogens (tertiary/aromatic N) is 3. The standard InChI is InChI=1S/C49H35N3/c1-34-50-46-17-8-9-18-49(46)52(34)45-29-27-38(28-30-45)37-21-19-35(20-22-37)36-23-25-39(26-24-36)42-15-10-16-43(31-42)44-32-47(40-11-4-2-5-12-40)51-48(33-44)41-13-6-3-7-14-41/h2-33H,1H3. The van der Waals surface area contributed by atoms with E-state index < -0.39 is 0 Å². The van der Waals surface area contributed by atoms with Crippen molar-refractivity contribution in [3.63, 3.8) is 0 Å². The first-order chi connectivity index (χ1) is 25.7. The first-order valence-electron chi connectivity index (χ1n) is 17.7. The van der Waals surface area contributed by atoms with Crippen molar-refractivity contribution in [2.24, 2.45) is 0 Å². The van der Waals surface area contributed by atoms with Crippen molar-refractivity contribution in [3.8, 4) is 72.7 Å². The van der Waals surface area contributed by atoms with Gasteiger partial charge in [-0.15, -0.1) is 0 Å². The Morgan fingerprint density at radius 2 is 0.750 bits per heavy atom. The van der Waals surface area contributed by atoms with Crippen LogP contribution in [0.3, 0.4) is 0 Å². The van der Waals surface area contributed by atoms with E-state index in [1.165, 1.54) is 33.4 Å². The zero-order valence-corrected chi connectivity index (χ0v) is 28.8. The molecule has 0 fully saturated rings. The van der Waals surface area contributed by atoms with Gasteiger partial charge in [0, 0.05) is 16.8 Å². The van der Waals surface area contributed by atoms with E-state index in [0.29, 0.717) is 0 Å². The van der Waals surface area contributed by atoms with Crippen LogP contribution in [0.5, 0.6) is 0 Å². The second kappa shape index (κ2) is 13.5. The Balaban J connectivity index is 0.960. The number of pyridine rings is 1. The van der Waals surface area contributed by atoms with Gasteiger partial charge in [-0.3, -0.25) is 4.57 Å². The third-order valence-corrected chi connectivity index (χ3v) is 9.78. The molecule has 9 aromatic rings. The minimum atomic E-state index is 0.966. The van der Waals surface area contributed by atoms with Gasteiger partial charge in [0.1, 0.15) is 5.82 Å². The molecular weight excluding hydrogens is 631 g/mol. The molecule has 0 spiro atoms. The predicted octanol–water partition coefficient (Wildman–Crippen LogP) is 12.7. The Kier molecular flexibility index (Phi) is 8.07. The molecule has 2 heterocycles. The zero-order chi connectivity index (χ0) is 34.9. The van der Waals surface area contributed by atoms with Gasteiger partial charge in [0.05, 0.1) is 22.4 Å². The normalized spacial score (nSPS) is 11.2. The molecule has 7 aromatic carbocycles. The summed E-state index contributed by atoms with van der Waals surface area (Å²) < 4.78 is 2.21. The summed E-state index contributed by atoms with van der Waals surface area (Å²) in [6.45, 7) is 2.06. The van der Waals surface area contributed by atoms with Crippen molar-refractivity contribution in [3.05, 3.63) is 200 Å². The average molecular weight is 666 g/mol. The molecule has 0 saturated carbocycles. The highest BCUT2D eigenvalue weighted by Gasteiger charge is 2.12. The van der Waals surface area contributed by atoms with Gasteiger partial charge in [-0.05, 0) is 93.9 Å². The molecule has 0 atom stereocenters. The van der Waals surface area contributed by atoms with Crippen molar-refractivity contribution in [2.75, 3.05) is 0 Å². The highest BCUT2D eigenvalue weighted by atomic mass is 15.1. The van der Waals surface area contributed by atoms with Gasteiger partial charge in [0.15, 0.2) is 0 Å². The Bertz CT molecular complexity index is 2580. The van der Waals surface area contributed by atoms with Gasteiger partial charge < -0.3 is 0 Å². The van der Waals surface area contributed by atoms with Gasteiger partial charge in [0.25, 0.3) is 0 Å². The highest BCUT2D eigenvalue weighted by molar-refractivity contribution is 5.81. The van der Waals surface area contributed by atoms with Crippen molar-refractivity contribution in [2.45, 2.75) is 6.92 Å².